The summed E-state index contributed by atoms with van der Waals surface area (Å²) in [5, 5.41) is 11.4. The summed E-state index contributed by atoms with van der Waals surface area (Å²) in [6.07, 6.45) is 4.97. The van der Waals surface area contributed by atoms with E-state index in [0.29, 0.717) is 18.8 Å². The summed E-state index contributed by atoms with van der Waals surface area (Å²) in [6.45, 7) is 2.00. The highest BCUT2D eigenvalue weighted by Gasteiger charge is 2.64. The number of hydrogen-bond acceptors (Lipinski definition) is 3. The molecule has 1 aromatic carbocycles. The van der Waals surface area contributed by atoms with Gasteiger partial charge in [-0.2, -0.15) is 0 Å². The van der Waals surface area contributed by atoms with Crippen molar-refractivity contribution in [3.05, 3.63) is 29.3 Å². The summed E-state index contributed by atoms with van der Waals surface area (Å²) in [7, 11) is 1.70. The lowest BCUT2D eigenvalue weighted by Crippen LogP contribution is -2.56. The average Bonchev–Trinajstić information content (AvgIpc) is 2.78. The van der Waals surface area contributed by atoms with Crippen molar-refractivity contribution in [2.45, 2.75) is 57.0 Å². The molecule has 0 saturated heterocycles. The molecule has 1 N–H and O–H groups in total. The fourth-order valence-corrected chi connectivity index (χ4v) is 5.44. The quantitative estimate of drug-likeness (QED) is 0.866. The molecule has 2 fully saturated rings. The second-order valence-corrected chi connectivity index (χ2v) is 7.53. The Labute approximate surface area is 131 Å². The number of carbonyl (C=O) groups excluding carboxylic acids is 1. The van der Waals surface area contributed by atoms with E-state index in [4.69, 9.17) is 4.74 Å². The largest absolute Gasteiger partial charge is 0.497 e. The molecular weight excluding hydrogens is 276 g/mol. The van der Waals surface area contributed by atoms with Gasteiger partial charge in [-0.3, -0.25) is 4.79 Å². The lowest BCUT2D eigenvalue weighted by molar-refractivity contribution is -0.157. The van der Waals surface area contributed by atoms with E-state index in [1.54, 1.807) is 7.11 Å². The summed E-state index contributed by atoms with van der Waals surface area (Å²) in [6, 6.07) is 6.34. The number of Topliss-reactive ketones (excluding diaryl/α,β-unsaturated/α-hetero) is 1. The molecule has 0 unspecified atom stereocenters. The van der Waals surface area contributed by atoms with Crippen molar-refractivity contribution in [3.63, 3.8) is 0 Å². The van der Waals surface area contributed by atoms with Gasteiger partial charge in [-0.05, 0) is 74.1 Å². The summed E-state index contributed by atoms with van der Waals surface area (Å²) in [5.74, 6) is 1.79. The predicted octanol–water partition coefficient (Wildman–Crippen LogP) is 3.24. The van der Waals surface area contributed by atoms with Crippen LogP contribution in [0.2, 0.25) is 0 Å². The van der Waals surface area contributed by atoms with E-state index in [-0.39, 0.29) is 11.7 Å². The van der Waals surface area contributed by atoms with Crippen molar-refractivity contribution in [1.82, 2.24) is 0 Å². The first-order valence-corrected chi connectivity index (χ1v) is 8.42. The Kier molecular flexibility index (Phi) is 2.96. The van der Waals surface area contributed by atoms with Gasteiger partial charge in [-0.15, -0.1) is 0 Å². The standard InChI is InChI=1S/C19H24O3/c1-18-9-7-15-14-5-4-13(22-2)11-12(14)3-6-16(15)19(18,21)10-8-17(18)20/h4-5,11,15-16,21H,3,6-10H2,1-2H3/t15-,16-,18+,19-/m0/s1. The Morgan fingerprint density at radius 1 is 1.23 bits per heavy atom. The number of benzene rings is 1. The zero-order valence-electron chi connectivity index (χ0n) is 13.4. The maximum atomic E-state index is 12.4. The zero-order valence-corrected chi connectivity index (χ0v) is 13.4. The number of aryl methyl sites for hydroxylation is 1. The maximum absolute atomic E-state index is 12.4. The fourth-order valence-electron chi connectivity index (χ4n) is 5.44. The second kappa shape index (κ2) is 4.58. The van der Waals surface area contributed by atoms with Gasteiger partial charge in [0.1, 0.15) is 11.5 Å². The van der Waals surface area contributed by atoms with Gasteiger partial charge in [-0.25, -0.2) is 0 Å². The van der Waals surface area contributed by atoms with E-state index < -0.39 is 11.0 Å². The zero-order chi connectivity index (χ0) is 15.5. The Bertz CT molecular complexity index is 638. The average molecular weight is 300 g/mol. The topological polar surface area (TPSA) is 46.5 Å². The van der Waals surface area contributed by atoms with Crippen molar-refractivity contribution in [1.29, 1.82) is 0 Å². The SMILES string of the molecule is COc1ccc2c(c1)CC[C@H]1[C@H]2CC[C@]2(C)C(=O)CC[C@]12O. The molecule has 4 atom stereocenters. The minimum Gasteiger partial charge on any atom is -0.497 e. The number of rotatable bonds is 1. The van der Waals surface area contributed by atoms with Gasteiger partial charge in [0, 0.05) is 6.42 Å². The van der Waals surface area contributed by atoms with E-state index in [1.165, 1.54) is 11.1 Å². The number of hydrogen-bond donors (Lipinski definition) is 1. The first kappa shape index (κ1) is 14.3. The first-order chi connectivity index (χ1) is 10.5. The molecule has 0 bridgehead atoms. The molecule has 3 heteroatoms. The van der Waals surface area contributed by atoms with Crippen LogP contribution in [0, 0.1) is 11.3 Å². The molecule has 0 radical (unpaired) electrons. The van der Waals surface area contributed by atoms with Crippen molar-refractivity contribution < 1.29 is 14.6 Å². The minimum atomic E-state index is -0.801. The number of ether oxygens (including phenoxy) is 1. The molecule has 22 heavy (non-hydrogen) atoms. The predicted molar refractivity (Wildman–Crippen MR) is 84.1 cm³/mol. The highest BCUT2D eigenvalue weighted by Crippen LogP contribution is 2.61. The monoisotopic (exact) mass is 300 g/mol. The van der Waals surface area contributed by atoms with Gasteiger partial charge in [0.05, 0.1) is 18.1 Å². The van der Waals surface area contributed by atoms with E-state index in [0.717, 1.165) is 31.4 Å². The van der Waals surface area contributed by atoms with Gasteiger partial charge in [0.2, 0.25) is 0 Å². The van der Waals surface area contributed by atoms with Crippen LogP contribution in [-0.2, 0) is 11.2 Å². The van der Waals surface area contributed by atoms with Gasteiger partial charge >= 0.3 is 0 Å². The molecule has 0 aliphatic heterocycles. The van der Waals surface area contributed by atoms with Crippen LogP contribution in [0.5, 0.6) is 5.75 Å². The molecule has 0 spiro atoms. The van der Waals surface area contributed by atoms with Crippen LogP contribution in [-0.4, -0.2) is 23.6 Å². The summed E-state index contributed by atoms with van der Waals surface area (Å²) >= 11 is 0. The van der Waals surface area contributed by atoms with E-state index >= 15 is 0 Å². The smallest absolute Gasteiger partial charge is 0.141 e. The van der Waals surface area contributed by atoms with Crippen LogP contribution in [0.1, 0.15) is 56.1 Å². The molecule has 3 aliphatic rings. The highest BCUT2D eigenvalue weighted by molar-refractivity contribution is 5.88. The van der Waals surface area contributed by atoms with Gasteiger partial charge in [-0.1, -0.05) is 6.07 Å². The van der Waals surface area contributed by atoms with Crippen LogP contribution in [0.25, 0.3) is 0 Å². The lowest BCUT2D eigenvalue weighted by Gasteiger charge is -2.53. The summed E-state index contributed by atoms with van der Waals surface area (Å²) < 4.78 is 5.34. The number of fused-ring (bicyclic) bond motifs is 5. The van der Waals surface area contributed by atoms with Gasteiger partial charge < -0.3 is 9.84 Å². The Hall–Kier alpha value is -1.35. The van der Waals surface area contributed by atoms with Crippen LogP contribution < -0.4 is 4.74 Å². The number of methoxy groups -OCH3 is 1. The molecule has 3 nitrogen and oxygen atoms in total. The normalized spacial score (nSPS) is 39.9. The van der Waals surface area contributed by atoms with Crippen LogP contribution in [0.4, 0.5) is 0 Å². The van der Waals surface area contributed by atoms with E-state index in [9.17, 15) is 9.90 Å². The molecule has 4 rings (SSSR count). The fraction of sp³-hybridized carbons (Fsp3) is 0.632. The van der Waals surface area contributed by atoms with Gasteiger partial charge in [0.25, 0.3) is 0 Å². The molecule has 0 amide bonds. The molecule has 0 heterocycles. The van der Waals surface area contributed by atoms with Crippen LogP contribution >= 0.6 is 0 Å². The number of carbonyl (C=O) groups is 1. The third-order valence-corrected chi connectivity index (χ3v) is 6.83. The Morgan fingerprint density at radius 2 is 2.05 bits per heavy atom. The van der Waals surface area contributed by atoms with Crippen LogP contribution in [0.15, 0.2) is 18.2 Å². The number of aliphatic hydroxyl groups is 1. The first-order valence-electron chi connectivity index (χ1n) is 8.42. The second-order valence-electron chi connectivity index (χ2n) is 7.53. The van der Waals surface area contributed by atoms with Crippen molar-refractivity contribution in [2.24, 2.45) is 11.3 Å². The third kappa shape index (κ3) is 1.63. The summed E-state index contributed by atoms with van der Waals surface area (Å²) in [4.78, 5) is 12.4. The molecule has 3 aliphatic carbocycles. The number of ketones is 1. The van der Waals surface area contributed by atoms with Gasteiger partial charge in [0.15, 0.2) is 0 Å². The van der Waals surface area contributed by atoms with Crippen LogP contribution in [0.3, 0.4) is 0 Å². The minimum absolute atomic E-state index is 0.221. The molecule has 118 valence electrons. The van der Waals surface area contributed by atoms with Crippen molar-refractivity contribution >= 4 is 5.78 Å². The molecule has 2 saturated carbocycles. The third-order valence-electron chi connectivity index (χ3n) is 6.83. The summed E-state index contributed by atoms with van der Waals surface area (Å²) in [5.41, 5.74) is 1.41. The Morgan fingerprint density at radius 3 is 2.82 bits per heavy atom. The Balaban J connectivity index is 1.75. The van der Waals surface area contributed by atoms with Crippen molar-refractivity contribution in [3.8, 4) is 5.75 Å². The molecule has 0 aromatic heterocycles. The van der Waals surface area contributed by atoms with Crippen molar-refractivity contribution in [2.75, 3.05) is 7.11 Å². The molecule has 1 aromatic rings. The maximum Gasteiger partial charge on any atom is 0.141 e. The molecular formula is C19H24O3. The van der Waals surface area contributed by atoms with E-state index in [1.807, 2.05) is 13.0 Å². The lowest BCUT2D eigenvalue weighted by atomic mass is 9.53. The van der Waals surface area contributed by atoms with E-state index in [2.05, 4.69) is 12.1 Å². The highest BCUT2D eigenvalue weighted by atomic mass is 16.5.